The van der Waals surface area contributed by atoms with Crippen LogP contribution >= 0.6 is 0 Å². The van der Waals surface area contributed by atoms with Gasteiger partial charge in [-0.25, -0.2) is 9.37 Å². The zero-order valence-electron chi connectivity index (χ0n) is 21.9. The van der Waals surface area contributed by atoms with Crippen molar-refractivity contribution in [2.24, 2.45) is 5.73 Å². The third-order valence-electron chi connectivity index (χ3n) is 7.10. The first-order chi connectivity index (χ1) is 18.3. The summed E-state index contributed by atoms with van der Waals surface area (Å²) in [5, 5.41) is 7.26. The van der Waals surface area contributed by atoms with Crippen molar-refractivity contribution in [3.8, 4) is 0 Å². The highest BCUT2D eigenvalue weighted by molar-refractivity contribution is 6.00. The van der Waals surface area contributed by atoms with Crippen molar-refractivity contribution < 1.29 is 14.2 Å². The number of aromatic amines is 2. The number of anilines is 5. The van der Waals surface area contributed by atoms with Gasteiger partial charge in [0.2, 0.25) is 11.5 Å². The molecule has 1 fully saturated rings. The predicted octanol–water partition coefficient (Wildman–Crippen LogP) is 4.20. The zero-order chi connectivity index (χ0) is 26.8. The lowest BCUT2D eigenvalue weighted by molar-refractivity contribution is -0.333. The van der Waals surface area contributed by atoms with Crippen molar-refractivity contribution in [2.45, 2.75) is 33.2 Å². The number of carbonyl (C=O) groups is 1. The average molecular weight is 518 g/mol. The number of H-pyrrole nitrogens is 2. The van der Waals surface area contributed by atoms with Crippen molar-refractivity contribution in [1.29, 1.82) is 0 Å². The molecule has 6 N–H and O–H groups in total. The van der Waals surface area contributed by atoms with Crippen LogP contribution in [-0.2, 0) is 6.42 Å². The third-order valence-corrected chi connectivity index (χ3v) is 7.10. The van der Waals surface area contributed by atoms with Gasteiger partial charge in [0.1, 0.15) is 5.82 Å². The number of hydrogen-bond donors (Lipinski definition) is 4. The molecule has 9 nitrogen and oxygen atoms in total. The van der Waals surface area contributed by atoms with Gasteiger partial charge in [-0.05, 0) is 68.3 Å². The molecule has 10 heteroatoms. The van der Waals surface area contributed by atoms with Crippen LogP contribution < -0.4 is 26.3 Å². The standard InChI is InChI=1S/C28H33FN8O/c1-4-18-15-20(37-13-11-36(12-14-37)17(2)3)6-8-23(18)33-28-34-26-22(9-10-31-26)27(35-28)32-24-16-19(29)5-7-21(24)25(30)38/h5-10,15-17H,4,11-14H2,1-3H3,(H2,30,38)(H3,31,32,33,34,35)/p+1. The predicted molar refractivity (Wildman–Crippen MR) is 149 cm³/mol. The molecule has 198 valence electrons. The molecule has 3 heterocycles. The van der Waals surface area contributed by atoms with Gasteiger partial charge in [0, 0.05) is 44.1 Å². The Bertz CT molecular complexity index is 1460. The fraction of sp³-hybridized carbons (Fsp3) is 0.321. The Labute approximate surface area is 221 Å². The summed E-state index contributed by atoms with van der Waals surface area (Å²) in [4.78, 5) is 28.0. The van der Waals surface area contributed by atoms with Gasteiger partial charge in [0.15, 0.2) is 0 Å². The van der Waals surface area contributed by atoms with Crippen molar-refractivity contribution in [3.05, 3.63) is 65.6 Å². The Morgan fingerprint density at radius 3 is 2.61 bits per heavy atom. The normalized spacial score (nSPS) is 14.3. The number of fused-ring (bicyclic) bond motifs is 1. The van der Waals surface area contributed by atoms with E-state index < -0.39 is 11.7 Å². The number of aromatic nitrogens is 3. The van der Waals surface area contributed by atoms with Crippen LogP contribution in [0.15, 0.2) is 48.7 Å². The maximum absolute atomic E-state index is 14.0. The highest BCUT2D eigenvalue weighted by atomic mass is 19.1. The maximum Gasteiger partial charge on any atom is 0.351 e. The number of aryl methyl sites for hydroxylation is 1. The van der Waals surface area contributed by atoms with Crippen molar-refractivity contribution in [1.82, 2.24) is 14.9 Å². The average Bonchev–Trinajstić information content (AvgIpc) is 3.38. The van der Waals surface area contributed by atoms with Crippen LogP contribution in [0, 0.1) is 5.82 Å². The number of nitrogens with one attached hydrogen (secondary N) is 4. The number of amides is 1. The Balaban J connectivity index is 1.42. The van der Waals surface area contributed by atoms with E-state index in [0.29, 0.717) is 17.8 Å². The van der Waals surface area contributed by atoms with Crippen LogP contribution in [0.2, 0.25) is 0 Å². The summed E-state index contributed by atoms with van der Waals surface area (Å²) in [5.41, 5.74) is 10.00. The molecule has 0 aliphatic carbocycles. The number of hydrogen-bond acceptors (Lipinski definition) is 6. The van der Waals surface area contributed by atoms with Crippen LogP contribution in [0.3, 0.4) is 0 Å². The quantitative estimate of drug-likeness (QED) is 0.278. The third kappa shape index (κ3) is 5.26. The van der Waals surface area contributed by atoms with Gasteiger partial charge in [-0.2, -0.15) is 0 Å². The molecule has 4 aromatic rings. The number of nitrogens with two attached hydrogens (primary N) is 1. The highest BCUT2D eigenvalue weighted by Crippen LogP contribution is 2.29. The van der Waals surface area contributed by atoms with Crippen LogP contribution in [0.25, 0.3) is 11.0 Å². The molecular formula is C28H34FN8O+. The van der Waals surface area contributed by atoms with Crippen molar-refractivity contribution in [3.63, 3.8) is 0 Å². The molecule has 2 aromatic carbocycles. The molecule has 1 aliphatic rings. The molecule has 2 aromatic heterocycles. The lowest BCUT2D eigenvalue weighted by Crippen LogP contribution is -2.48. The maximum atomic E-state index is 14.0. The Hall–Kier alpha value is -4.18. The molecule has 0 saturated carbocycles. The van der Waals surface area contributed by atoms with Crippen LogP contribution in [0.5, 0.6) is 0 Å². The lowest BCUT2D eigenvalue weighted by atomic mass is 10.1. The fourth-order valence-electron chi connectivity index (χ4n) is 4.92. The second-order valence-corrected chi connectivity index (χ2v) is 9.82. The van der Waals surface area contributed by atoms with E-state index in [1.165, 1.54) is 29.4 Å². The summed E-state index contributed by atoms with van der Waals surface area (Å²) in [7, 11) is 0. The van der Waals surface area contributed by atoms with E-state index in [-0.39, 0.29) is 11.3 Å². The first kappa shape index (κ1) is 25.5. The summed E-state index contributed by atoms with van der Waals surface area (Å²) in [6.07, 6.45) is 2.63. The van der Waals surface area contributed by atoms with E-state index in [1.807, 2.05) is 6.07 Å². The summed E-state index contributed by atoms with van der Waals surface area (Å²) in [6, 6.07) is 12.7. The van der Waals surface area contributed by atoms with Crippen LogP contribution in [-0.4, -0.2) is 53.0 Å². The van der Waals surface area contributed by atoms with Gasteiger partial charge < -0.3 is 16.0 Å². The molecule has 5 rings (SSSR count). The zero-order valence-corrected chi connectivity index (χ0v) is 21.9. The number of halogens is 1. The Morgan fingerprint density at radius 2 is 1.89 bits per heavy atom. The Morgan fingerprint density at radius 1 is 1.11 bits per heavy atom. The molecule has 0 unspecified atom stereocenters. The summed E-state index contributed by atoms with van der Waals surface area (Å²) >= 11 is 0. The topological polar surface area (TPSA) is 116 Å². The fourth-order valence-corrected chi connectivity index (χ4v) is 4.92. The van der Waals surface area contributed by atoms with E-state index in [0.717, 1.165) is 49.3 Å². The van der Waals surface area contributed by atoms with Crippen molar-refractivity contribution in [2.75, 3.05) is 41.7 Å². The minimum absolute atomic E-state index is 0.178. The van der Waals surface area contributed by atoms with Gasteiger partial charge in [-0.3, -0.25) is 20.0 Å². The minimum atomic E-state index is -0.656. The monoisotopic (exact) mass is 517 g/mol. The first-order valence-electron chi connectivity index (χ1n) is 13.0. The van der Waals surface area contributed by atoms with E-state index in [2.05, 4.69) is 69.4 Å². The number of carbonyl (C=O) groups excluding carboxylic acids is 1. The second kappa shape index (κ2) is 10.7. The number of primary amides is 1. The molecule has 0 spiro atoms. The molecular weight excluding hydrogens is 483 g/mol. The van der Waals surface area contributed by atoms with E-state index >= 15 is 0 Å². The van der Waals surface area contributed by atoms with Gasteiger partial charge >= 0.3 is 5.95 Å². The molecule has 0 bridgehead atoms. The van der Waals surface area contributed by atoms with Crippen LogP contribution in [0.1, 0.15) is 36.7 Å². The summed E-state index contributed by atoms with van der Waals surface area (Å²) < 4.78 is 14.0. The SMILES string of the molecule is CCc1cc(N2CCN(C(C)C)CC2)ccc1Nc1nc(Nc2cc(F)ccc2C(N)=O)c2cc[nH]c2[nH+]1. The molecule has 0 atom stereocenters. The van der Waals surface area contributed by atoms with Crippen molar-refractivity contribution >= 4 is 45.8 Å². The smallest absolute Gasteiger partial charge is 0.351 e. The molecule has 1 aliphatic heterocycles. The molecule has 0 radical (unpaired) electrons. The first-order valence-corrected chi connectivity index (χ1v) is 13.0. The van der Waals surface area contributed by atoms with Gasteiger partial charge in [-0.1, -0.05) is 11.9 Å². The molecule has 1 saturated heterocycles. The molecule has 38 heavy (non-hydrogen) atoms. The van der Waals surface area contributed by atoms with E-state index in [1.54, 1.807) is 6.20 Å². The Kier molecular flexibility index (Phi) is 7.15. The number of piperazine rings is 1. The number of rotatable bonds is 8. The van der Waals surface area contributed by atoms with E-state index in [4.69, 9.17) is 10.7 Å². The van der Waals surface area contributed by atoms with Gasteiger partial charge in [0.05, 0.1) is 22.3 Å². The minimum Gasteiger partial charge on any atom is -0.369 e. The number of nitrogens with zero attached hydrogens (tertiary/aromatic N) is 3. The lowest BCUT2D eigenvalue weighted by Gasteiger charge is -2.38. The van der Waals surface area contributed by atoms with Crippen LogP contribution in [0.4, 0.5) is 33.2 Å². The van der Waals surface area contributed by atoms with E-state index in [9.17, 15) is 9.18 Å². The van der Waals surface area contributed by atoms with Gasteiger partial charge in [0.25, 0.3) is 5.91 Å². The number of benzene rings is 2. The largest absolute Gasteiger partial charge is 0.369 e. The summed E-state index contributed by atoms with van der Waals surface area (Å²) in [5.74, 6) is -0.195. The highest BCUT2D eigenvalue weighted by Gasteiger charge is 2.21. The summed E-state index contributed by atoms with van der Waals surface area (Å²) in [6.45, 7) is 10.8. The molecule has 1 amide bonds. The second-order valence-electron chi connectivity index (χ2n) is 9.82. The van der Waals surface area contributed by atoms with Gasteiger partial charge in [-0.15, -0.1) is 0 Å².